The standard InChI is InChI=1S/C19H17FN2O5/c1-11(18(24)21-13-6-4-5-12(20)9-13)26-17(23)10-16-19(25)22-14-7-2-3-8-15(14)27-16/h2-9,11,16H,10H2,1H3,(H,21,24)(H,22,25)/t11-,16-/m1/s1. The average Bonchev–Trinajstić information content (AvgIpc) is 2.62. The Morgan fingerprint density at radius 3 is 2.81 bits per heavy atom. The van der Waals surface area contributed by atoms with Crippen LogP contribution in [0.25, 0.3) is 0 Å². The summed E-state index contributed by atoms with van der Waals surface area (Å²) in [4.78, 5) is 36.2. The van der Waals surface area contributed by atoms with E-state index in [-0.39, 0.29) is 12.1 Å². The zero-order chi connectivity index (χ0) is 19.4. The van der Waals surface area contributed by atoms with Gasteiger partial charge in [-0.1, -0.05) is 18.2 Å². The molecule has 1 aliphatic heterocycles. The number of halogens is 1. The van der Waals surface area contributed by atoms with Crippen molar-refractivity contribution in [3.05, 3.63) is 54.3 Å². The zero-order valence-electron chi connectivity index (χ0n) is 14.4. The molecule has 0 radical (unpaired) electrons. The van der Waals surface area contributed by atoms with Crippen LogP contribution in [0.1, 0.15) is 13.3 Å². The quantitative estimate of drug-likeness (QED) is 0.787. The molecular formula is C19H17FN2O5. The second-order valence-electron chi connectivity index (χ2n) is 5.93. The van der Waals surface area contributed by atoms with Gasteiger partial charge in [0.15, 0.2) is 12.2 Å². The van der Waals surface area contributed by atoms with Crippen LogP contribution in [-0.4, -0.2) is 30.0 Å². The molecule has 8 heteroatoms. The van der Waals surface area contributed by atoms with Crippen LogP contribution in [0.2, 0.25) is 0 Å². The molecule has 0 saturated heterocycles. The van der Waals surface area contributed by atoms with E-state index in [1.165, 1.54) is 25.1 Å². The van der Waals surface area contributed by atoms with Crippen molar-refractivity contribution in [2.24, 2.45) is 0 Å². The molecule has 1 heterocycles. The average molecular weight is 372 g/mol. The third kappa shape index (κ3) is 4.60. The highest BCUT2D eigenvalue weighted by Crippen LogP contribution is 2.29. The van der Waals surface area contributed by atoms with Gasteiger partial charge in [-0.2, -0.15) is 0 Å². The first-order chi connectivity index (χ1) is 12.9. The van der Waals surface area contributed by atoms with E-state index in [0.717, 1.165) is 6.07 Å². The third-order valence-corrected chi connectivity index (χ3v) is 3.83. The highest BCUT2D eigenvalue weighted by atomic mass is 19.1. The van der Waals surface area contributed by atoms with Crippen molar-refractivity contribution < 1.29 is 28.2 Å². The molecule has 0 bridgehead atoms. The van der Waals surface area contributed by atoms with Crippen molar-refractivity contribution >= 4 is 29.2 Å². The lowest BCUT2D eigenvalue weighted by Crippen LogP contribution is -2.40. The normalized spacial score (nSPS) is 16.4. The fourth-order valence-electron chi connectivity index (χ4n) is 2.49. The number of anilines is 2. The fourth-order valence-corrected chi connectivity index (χ4v) is 2.49. The molecule has 2 aromatic carbocycles. The SMILES string of the molecule is C[C@@H](OC(=O)C[C@H]1Oc2ccccc2NC1=O)C(=O)Nc1cccc(F)c1. The molecule has 140 valence electrons. The Labute approximate surface area is 154 Å². The predicted molar refractivity (Wildman–Crippen MR) is 94.7 cm³/mol. The van der Waals surface area contributed by atoms with Crippen molar-refractivity contribution in [2.75, 3.05) is 10.6 Å². The molecule has 0 fully saturated rings. The molecule has 3 rings (SSSR count). The van der Waals surface area contributed by atoms with Crippen LogP contribution in [0, 0.1) is 5.82 Å². The Kier molecular flexibility index (Phi) is 5.35. The van der Waals surface area contributed by atoms with Gasteiger partial charge in [0.1, 0.15) is 11.6 Å². The van der Waals surface area contributed by atoms with Crippen molar-refractivity contribution in [1.29, 1.82) is 0 Å². The topological polar surface area (TPSA) is 93.7 Å². The van der Waals surface area contributed by atoms with E-state index in [1.54, 1.807) is 24.3 Å². The number of amides is 2. The largest absolute Gasteiger partial charge is 0.478 e. The first kappa shape index (κ1) is 18.4. The number of esters is 1. The first-order valence-corrected chi connectivity index (χ1v) is 8.25. The molecule has 27 heavy (non-hydrogen) atoms. The molecule has 2 aromatic rings. The highest BCUT2D eigenvalue weighted by molar-refractivity contribution is 6.00. The summed E-state index contributed by atoms with van der Waals surface area (Å²) in [7, 11) is 0. The summed E-state index contributed by atoms with van der Waals surface area (Å²) in [5.74, 6) is -1.91. The minimum Gasteiger partial charge on any atom is -0.478 e. The number of nitrogens with one attached hydrogen (secondary N) is 2. The van der Waals surface area contributed by atoms with Crippen LogP contribution in [0.15, 0.2) is 48.5 Å². The molecule has 2 N–H and O–H groups in total. The molecule has 2 atom stereocenters. The van der Waals surface area contributed by atoms with Gasteiger partial charge in [-0.15, -0.1) is 0 Å². The smallest absolute Gasteiger partial charge is 0.310 e. The van der Waals surface area contributed by atoms with Gasteiger partial charge < -0.3 is 20.1 Å². The fraction of sp³-hybridized carbons (Fsp3) is 0.211. The number of carbonyl (C=O) groups is 3. The van der Waals surface area contributed by atoms with Crippen LogP contribution in [0.5, 0.6) is 5.75 Å². The van der Waals surface area contributed by atoms with Crippen LogP contribution in [-0.2, 0) is 19.1 Å². The van der Waals surface area contributed by atoms with E-state index < -0.39 is 35.8 Å². The molecule has 1 aliphatic rings. The highest BCUT2D eigenvalue weighted by Gasteiger charge is 2.31. The summed E-state index contributed by atoms with van der Waals surface area (Å²) < 4.78 is 23.7. The first-order valence-electron chi connectivity index (χ1n) is 8.25. The minimum atomic E-state index is -1.13. The van der Waals surface area contributed by atoms with E-state index in [0.29, 0.717) is 11.4 Å². The lowest BCUT2D eigenvalue weighted by Gasteiger charge is -2.25. The number of fused-ring (bicyclic) bond motifs is 1. The zero-order valence-corrected chi connectivity index (χ0v) is 14.4. The van der Waals surface area contributed by atoms with Gasteiger partial charge in [-0.3, -0.25) is 14.4 Å². The van der Waals surface area contributed by atoms with E-state index >= 15 is 0 Å². The van der Waals surface area contributed by atoms with Crippen molar-refractivity contribution in [3.8, 4) is 5.75 Å². The van der Waals surface area contributed by atoms with Crippen LogP contribution in [0.4, 0.5) is 15.8 Å². The molecule has 0 spiro atoms. The van der Waals surface area contributed by atoms with Gasteiger partial charge in [-0.05, 0) is 37.3 Å². The maximum atomic E-state index is 13.1. The van der Waals surface area contributed by atoms with Gasteiger partial charge in [-0.25, -0.2) is 4.39 Å². The Bertz CT molecular complexity index is 886. The molecular weight excluding hydrogens is 355 g/mol. The van der Waals surface area contributed by atoms with Crippen LogP contribution < -0.4 is 15.4 Å². The van der Waals surface area contributed by atoms with Gasteiger partial charge in [0.2, 0.25) is 0 Å². The number of ether oxygens (including phenoxy) is 2. The third-order valence-electron chi connectivity index (χ3n) is 3.83. The molecule has 0 aromatic heterocycles. The van der Waals surface area contributed by atoms with Crippen molar-refractivity contribution in [2.45, 2.75) is 25.6 Å². The Balaban J connectivity index is 1.54. The van der Waals surface area contributed by atoms with Gasteiger partial charge in [0, 0.05) is 5.69 Å². The maximum Gasteiger partial charge on any atom is 0.310 e. The van der Waals surface area contributed by atoms with E-state index in [9.17, 15) is 18.8 Å². The summed E-state index contributed by atoms with van der Waals surface area (Å²) >= 11 is 0. The Morgan fingerprint density at radius 1 is 1.26 bits per heavy atom. The lowest BCUT2D eigenvalue weighted by atomic mass is 10.1. The minimum absolute atomic E-state index is 0.245. The Hall–Kier alpha value is -3.42. The van der Waals surface area contributed by atoms with Gasteiger partial charge in [0.25, 0.3) is 11.8 Å². The van der Waals surface area contributed by atoms with Crippen molar-refractivity contribution in [3.63, 3.8) is 0 Å². The van der Waals surface area contributed by atoms with Gasteiger partial charge >= 0.3 is 5.97 Å². The number of hydrogen-bond acceptors (Lipinski definition) is 5. The molecule has 0 aliphatic carbocycles. The number of para-hydroxylation sites is 2. The molecule has 2 amide bonds. The monoisotopic (exact) mass is 372 g/mol. The van der Waals surface area contributed by atoms with Crippen LogP contribution in [0.3, 0.4) is 0 Å². The number of benzene rings is 2. The van der Waals surface area contributed by atoms with E-state index in [4.69, 9.17) is 9.47 Å². The molecule has 0 saturated carbocycles. The predicted octanol–water partition coefficient (Wildman–Crippen LogP) is 2.49. The van der Waals surface area contributed by atoms with E-state index in [1.807, 2.05) is 0 Å². The summed E-state index contributed by atoms with van der Waals surface area (Å²) in [6.07, 6.45) is -2.52. The summed E-state index contributed by atoms with van der Waals surface area (Å²) in [5.41, 5.74) is 0.768. The van der Waals surface area contributed by atoms with Gasteiger partial charge in [0.05, 0.1) is 12.1 Å². The number of rotatable bonds is 5. The summed E-state index contributed by atoms with van der Waals surface area (Å²) in [5, 5.41) is 5.09. The summed E-state index contributed by atoms with van der Waals surface area (Å²) in [6, 6.07) is 12.2. The molecule has 7 nitrogen and oxygen atoms in total. The summed E-state index contributed by atoms with van der Waals surface area (Å²) in [6.45, 7) is 1.38. The van der Waals surface area contributed by atoms with E-state index in [2.05, 4.69) is 10.6 Å². The number of hydrogen-bond donors (Lipinski definition) is 2. The molecule has 0 unspecified atom stereocenters. The second-order valence-corrected chi connectivity index (χ2v) is 5.93. The van der Waals surface area contributed by atoms with Crippen molar-refractivity contribution in [1.82, 2.24) is 0 Å². The Morgan fingerprint density at radius 2 is 2.04 bits per heavy atom. The van der Waals surface area contributed by atoms with Crippen LogP contribution >= 0.6 is 0 Å². The number of carbonyl (C=O) groups excluding carboxylic acids is 3. The lowest BCUT2D eigenvalue weighted by molar-refractivity contribution is -0.155. The second kappa shape index (κ2) is 7.86. The maximum absolute atomic E-state index is 13.1.